The van der Waals surface area contributed by atoms with E-state index in [4.69, 9.17) is 4.74 Å². The monoisotopic (exact) mass is 340 g/mol. The average molecular weight is 340 g/mol. The molecule has 0 spiro atoms. The van der Waals surface area contributed by atoms with Crippen LogP contribution < -0.4 is 5.32 Å². The molecule has 24 heavy (non-hydrogen) atoms. The van der Waals surface area contributed by atoms with E-state index in [0.717, 1.165) is 18.6 Å². The number of benzene rings is 1. The van der Waals surface area contributed by atoms with Crippen LogP contribution in [-0.4, -0.2) is 42.5 Å². The van der Waals surface area contributed by atoms with Gasteiger partial charge in [-0.05, 0) is 18.6 Å². The lowest BCUT2D eigenvalue weighted by molar-refractivity contribution is -0.139. The van der Waals surface area contributed by atoms with Crippen molar-refractivity contribution in [3.05, 3.63) is 35.4 Å². The maximum Gasteiger partial charge on any atom is 0.225 e. The van der Waals surface area contributed by atoms with Gasteiger partial charge in [0.25, 0.3) is 0 Å². The van der Waals surface area contributed by atoms with Crippen LogP contribution in [0.4, 0.5) is 8.78 Å². The number of rotatable bonds is 5. The molecule has 1 aromatic carbocycles. The van der Waals surface area contributed by atoms with E-state index in [1.165, 1.54) is 13.0 Å². The highest BCUT2D eigenvalue weighted by atomic mass is 19.1. The summed E-state index contributed by atoms with van der Waals surface area (Å²) in [5, 5.41) is 2.48. The van der Waals surface area contributed by atoms with Gasteiger partial charge in [-0.2, -0.15) is 0 Å². The van der Waals surface area contributed by atoms with E-state index in [-0.39, 0.29) is 24.0 Å². The second kappa shape index (κ2) is 8.19. The van der Waals surface area contributed by atoms with Crippen molar-refractivity contribution in [3.63, 3.8) is 0 Å². The number of nitrogens with zero attached hydrogens (tertiary/aromatic N) is 1. The van der Waals surface area contributed by atoms with Crippen molar-refractivity contribution < 1.29 is 23.1 Å². The topological polar surface area (TPSA) is 58.6 Å². The summed E-state index contributed by atoms with van der Waals surface area (Å²) >= 11 is 0. The molecule has 0 unspecified atom stereocenters. The third-order valence-electron chi connectivity index (χ3n) is 4.05. The molecular weight excluding hydrogens is 318 g/mol. The summed E-state index contributed by atoms with van der Waals surface area (Å²) in [6.07, 6.45) is 0.543. The molecule has 1 N–H and O–H groups in total. The molecule has 1 aliphatic rings. The van der Waals surface area contributed by atoms with Crippen molar-refractivity contribution >= 4 is 11.8 Å². The van der Waals surface area contributed by atoms with Crippen molar-refractivity contribution in [1.82, 2.24) is 10.2 Å². The van der Waals surface area contributed by atoms with Gasteiger partial charge in [0.05, 0.1) is 25.2 Å². The second-order valence-electron chi connectivity index (χ2n) is 5.83. The third-order valence-corrected chi connectivity index (χ3v) is 4.05. The zero-order chi connectivity index (χ0) is 17.7. The highest BCUT2D eigenvalue weighted by Gasteiger charge is 2.28. The Kier molecular flexibility index (Phi) is 6.25. The lowest BCUT2D eigenvalue weighted by Gasteiger charge is -2.33. The van der Waals surface area contributed by atoms with Gasteiger partial charge in [0.15, 0.2) is 0 Å². The van der Waals surface area contributed by atoms with Crippen molar-refractivity contribution in [1.29, 1.82) is 0 Å². The van der Waals surface area contributed by atoms with Crippen molar-refractivity contribution in [2.45, 2.75) is 38.8 Å². The molecule has 2 rings (SSSR count). The number of hydrogen-bond acceptors (Lipinski definition) is 3. The first kappa shape index (κ1) is 18.3. The summed E-state index contributed by atoms with van der Waals surface area (Å²) in [7, 11) is 0. The number of carbonyl (C=O) groups is 2. The van der Waals surface area contributed by atoms with Gasteiger partial charge in [-0.15, -0.1) is 0 Å². The van der Waals surface area contributed by atoms with Crippen LogP contribution in [0.3, 0.4) is 0 Å². The number of hydrogen-bond donors (Lipinski definition) is 1. The molecule has 1 aromatic rings. The Hall–Kier alpha value is -2.02. The zero-order valence-electron chi connectivity index (χ0n) is 13.9. The van der Waals surface area contributed by atoms with Crippen LogP contribution in [0, 0.1) is 11.6 Å². The van der Waals surface area contributed by atoms with Gasteiger partial charge in [-0.3, -0.25) is 9.59 Å². The van der Waals surface area contributed by atoms with Gasteiger partial charge in [0.2, 0.25) is 11.8 Å². The Morgan fingerprint density at radius 3 is 2.62 bits per heavy atom. The molecule has 0 aliphatic carbocycles. The number of halogens is 2. The Morgan fingerprint density at radius 1 is 1.38 bits per heavy atom. The molecule has 0 radical (unpaired) electrons. The fourth-order valence-corrected chi connectivity index (χ4v) is 2.81. The summed E-state index contributed by atoms with van der Waals surface area (Å²) in [6, 6.07) is 2.42. The van der Waals surface area contributed by atoms with Gasteiger partial charge in [-0.25, -0.2) is 8.78 Å². The van der Waals surface area contributed by atoms with Crippen LogP contribution in [-0.2, 0) is 14.3 Å². The SMILES string of the molecule is CC[C@H]1CN(C(=O)C[C@H](NC(C)=O)c2c(F)cccc2F)CCO1. The normalized spacial score (nSPS) is 19.0. The van der Waals surface area contributed by atoms with Crippen LogP contribution in [0.2, 0.25) is 0 Å². The molecule has 0 aromatic heterocycles. The molecule has 0 saturated carbocycles. The summed E-state index contributed by atoms with van der Waals surface area (Å²) in [6.45, 7) is 4.53. The van der Waals surface area contributed by atoms with Gasteiger partial charge >= 0.3 is 0 Å². The van der Waals surface area contributed by atoms with Crippen LogP contribution in [0.5, 0.6) is 0 Å². The summed E-state index contributed by atoms with van der Waals surface area (Å²) in [5.74, 6) is -2.29. The number of amides is 2. The van der Waals surface area contributed by atoms with Crippen LogP contribution in [0.25, 0.3) is 0 Å². The van der Waals surface area contributed by atoms with E-state index in [2.05, 4.69) is 5.32 Å². The van der Waals surface area contributed by atoms with Gasteiger partial charge in [0.1, 0.15) is 11.6 Å². The van der Waals surface area contributed by atoms with E-state index >= 15 is 0 Å². The van der Waals surface area contributed by atoms with E-state index in [9.17, 15) is 18.4 Å². The van der Waals surface area contributed by atoms with Crippen LogP contribution >= 0.6 is 0 Å². The highest BCUT2D eigenvalue weighted by molar-refractivity contribution is 5.79. The van der Waals surface area contributed by atoms with E-state index in [0.29, 0.717) is 19.7 Å². The minimum Gasteiger partial charge on any atom is -0.375 e. The largest absolute Gasteiger partial charge is 0.375 e. The first-order valence-electron chi connectivity index (χ1n) is 8.02. The molecule has 132 valence electrons. The smallest absolute Gasteiger partial charge is 0.225 e. The fraction of sp³-hybridized carbons (Fsp3) is 0.529. The molecule has 1 aliphatic heterocycles. The molecular formula is C17H22F2N2O3. The van der Waals surface area contributed by atoms with Gasteiger partial charge in [0, 0.05) is 25.6 Å². The molecule has 2 amide bonds. The first-order chi connectivity index (χ1) is 11.4. The van der Waals surface area contributed by atoms with Crippen molar-refractivity contribution in [2.75, 3.05) is 19.7 Å². The van der Waals surface area contributed by atoms with Crippen molar-refractivity contribution in [3.8, 4) is 0 Å². The molecule has 0 bridgehead atoms. The Balaban J connectivity index is 2.17. The standard InChI is InChI=1S/C17H22F2N2O3/c1-3-12-10-21(7-8-24-12)16(23)9-15(20-11(2)22)17-13(18)5-4-6-14(17)19/h4-6,12,15H,3,7-10H2,1-2H3,(H,20,22)/t12-,15-/m0/s1. The summed E-state index contributed by atoms with van der Waals surface area (Å²) in [5.41, 5.74) is -0.290. The lowest BCUT2D eigenvalue weighted by atomic mass is 10.0. The molecule has 1 saturated heterocycles. The summed E-state index contributed by atoms with van der Waals surface area (Å²) in [4.78, 5) is 25.5. The maximum atomic E-state index is 14.0. The van der Waals surface area contributed by atoms with Crippen molar-refractivity contribution in [2.24, 2.45) is 0 Å². The molecule has 2 atom stereocenters. The minimum absolute atomic E-state index is 0.0351. The number of morpholine rings is 1. The number of nitrogens with one attached hydrogen (secondary N) is 1. The second-order valence-corrected chi connectivity index (χ2v) is 5.83. The lowest BCUT2D eigenvalue weighted by Crippen LogP contribution is -2.46. The predicted molar refractivity (Wildman–Crippen MR) is 84.1 cm³/mol. The highest BCUT2D eigenvalue weighted by Crippen LogP contribution is 2.25. The molecule has 1 fully saturated rings. The molecule has 7 heteroatoms. The molecule has 1 heterocycles. The number of ether oxygens (including phenoxy) is 1. The Morgan fingerprint density at radius 2 is 2.04 bits per heavy atom. The predicted octanol–water partition coefficient (Wildman–Crippen LogP) is 2.17. The van der Waals surface area contributed by atoms with Gasteiger partial charge < -0.3 is 15.0 Å². The molecule has 5 nitrogen and oxygen atoms in total. The Labute approximate surface area is 140 Å². The number of carbonyl (C=O) groups excluding carboxylic acids is 2. The van der Waals surface area contributed by atoms with E-state index in [1.54, 1.807) is 4.90 Å². The van der Waals surface area contributed by atoms with Crippen LogP contribution in [0.15, 0.2) is 18.2 Å². The quantitative estimate of drug-likeness (QED) is 0.894. The van der Waals surface area contributed by atoms with E-state index in [1.807, 2.05) is 6.92 Å². The van der Waals surface area contributed by atoms with E-state index < -0.39 is 23.6 Å². The fourth-order valence-electron chi connectivity index (χ4n) is 2.81. The summed E-state index contributed by atoms with van der Waals surface area (Å²) < 4.78 is 33.6. The zero-order valence-corrected chi connectivity index (χ0v) is 13.9. The van der Waals surface area contributed by atoms with Crippen LogP contribution in [0.1, 0.15) is 38.3 Å². The third kappa shape index (κ3) is 4.50. The van der Waals surface area contributed by atoms with Gasteiger partial charge in [-0.1, -0.05) is 13.0 Å². The average Bonchev–Trinajstić information content (AvgIpc) is 2.54. The Bertz CT molecular complexity index is 589. The minimum atomic E-state index is -1.04. The first-order valence-corrected chi connectivity index (χ1v) is 8.02. The maximum absolute atomic E-state index is 14.0.